The van der Waals surface area contributed by atoms with Gasteiger partial charge in [0.2, 0.25) is 0 Å². The molecule has 144 valence electrons. The first-order valence-electron chi connectivity index (χ1n) is 9.26. The Morgan fingerprint density at radius 1 is 1.30 bits per heavy atom. The summed E-state index contributed by atoms with van der Waals surface area (Å²) in [4.78, 5) is 24.4. The van der Waals surface area contributed by atoms with Crippen molar-refractivity contribution in [1.29, 1.82) is 0 Å². The predicted molar refractivity (Wildman–Crippen MR) is 96.5 cm³/mol. The van der Waals surface area contributed by atoms with E-state index in [2.05, 4.69) is 10.6 Å². The van der Waals surface area contributed by atoms with E-state index >= 15 is 0 Å². The van der Waals surface area contributed by atoms with Crippen LogP contribution in [0.2, 0.25) is 0 Å². The summed E-state index contributed by atoms with van der Waals surface area (Å²) >= 11 is 0. The number of carbonyl (C=O) groups is 2. The SMILES string of the molecule is CNC(=O)O[C@@H]1OC=C(C(=O)NCCc2ccccc2)[C@H]2C[C@@H]3O[C@]3(C)[C@H]12. The van der Waals surface area contributed by atoms with E-state index in [1.807, 2.05) is 37.3 Å². The number of ether oxygens (including phenoxy) is 3. The Morgan fingerprint density at radius 2 is 2.07 bits per heavy atom. The molecule has 1 aromatic rings. The second-order valence-corrected chi connectivity index (χ2v) is 7.38. The first-order valence-corrected chi connectivity index (χ1v) is 9.26. The van der Waals surface area contributed by atoms with E-state index in [-0.39, 0.29) is 23.8 Å². The monoisotopic (exact) mass is 372 g/mol. The zero-order chi connectivity index (χ0) is 19.0. The summed E-state index contributed by atoms with van der Waals surface area (Å²) in [5.41, 5.74) is 1.36. The number of rotatable bonds is 5. The van der Waals surface area contributed by atoms with Gasteiger partial charge in [-0.05, 0) is 25.3 Å². The third-order valence-corrected chi connectivity index (χ3v) is 5.80. The number of fused-ring (bicyclic) bond motifs is 3. The van der Waals surface area contributed by atoms with E-state index in [1.54, 1.807) is 0 Å². The highest BCUT2D eigenvalue weighted by Crippen LogP contribution is 2.60. The number of epoxide rings is 1. The molecule has 0 radical (unpaired) electrons. The fourth-order valence-electron chi connectivity index (χ4n) is 4.27. The molecular weight excluding hydrogens is 348 g/mol. The van der Waals surface area contributed by atoms with Gasteiger partial charge in [-0.15, -0.1) is 0 Å². The molecule has 2 amide bonds. The molecule has 2 heterocycles. The molecule has 1 aromatic carbocycles. The molecule has 5 atom stereocenters. The highest BCUT2D eigenvalue weighted by molar-refractivity contribution is 5.94. The van der Waals surface area contributed by atoms with Crippen LogP contribution >= 0.6 is 0 Å². The lowest BCUT2D eigenvalue weighted by molar-refractivity contribution is -0.142. The van der Waals surface area contributed by atoms with Crippen LogP contribution < -0.4 is 10.6 Å². The molecule has 1 aliphatic carbocycles. The van der Waals surface area contributed by atoms with Crippen molar-refractivity contribution in [3.05, 3.63) is 47.7 Å². The Kier molecular flexibility index (Phi) is 4.55. The van der Waals surface area contributed by atoms with Gasteiger partial charge in [0, 0.05) is 19.5 Å². The smallest absolute Gasteiger partial charge is 0.409 e. The van der Waals surface area contributed by atoms with Gasteiger partial charge >= 0.3 is 6.09 Å². The number of carbonyl (C=O) groups excluding carboxylic acids is 2. The molecule has 7 heteroatoms. The summed E-state index contributed by atoms with van der Waals surface area (Å²) in [5.74, 6) is -0.377. The van der Waals surface area contributed by atoms with Crippen molar-refractivity contribution in [3.8, 4) is 0 Å². The summed E-state index contributed by atoms with van der Waals surface area (Å²) in [6.45, 7) is 2.54. The van der Waals surface area contributed by atoms with Crippen LogP contribution in [0.4, 0.5) is 4.79 Å². The Bertz CT molecular complexity index is 765. The minimum absolute atomic E-state index is 0.0473. The van der Waals surface area contributed by atoms with Gasteiger partial charge in [-0.2, -0.15) is 0 Å². The van der Waals surface area contributed by atoms with E-state index in [9.17, 15) is 9.59 Å². The quantitative estimate of drug-likeness (QED) is 0.769. The number of nitrogens with one attached hydrogen (secondary N) is 2. The number of alkyl carbamates (subject to hydrolysis) is 1. The van der Waals surface area contributed by atoms with Crippen LogP contribution in [0.15, 0.2) is 42.2 Å². The Hall–Kier alpha value is -2.54. The third-order valence-electron chi connectivity index (χ3n) is 5.80. The predicted octanol–water partition coefficient (Wildman–Crippen LogP) is 1.74. The van der Waals surface area contributed by atoms with Crippen molar-refractivity contribution in [2.75, 3.05) is 13.6 Å². The number of amides is 2. The lowest BCUT2D eigenvalue weighted by Crippen LogP contribution is -2.45. The Morgan fingerprint density at radius 3 is 2.81 bits per heavy atom. The molecule has 0 unspecified atom stereocenters. The van der Waals surface area contributed by atoms with Gasteiger partial charge in [-0.25, -0.2) is 4.79 Å². The standard InChI is InChI=1S/C20H24N2O5/c1-20-15(27-20)10-13-14(11-25-18(16(13)20)26-19(24)21-2)17(23)22-9-8-12-6-4-3-5-7-12/h3-7,11,13,15-16,18H,8-10H2,1-2H3,(H,21,24)(H,22,23)/t13-,15+,16+,18+,20+/m1/s1. The van der Waals surface area contributed by atoms with Gasteiger partial charge in [-0.3, -0.25) is 4.79 Å². The molecule has 0 bridgehead atoms. The highest BCUT2D eigenvalue weighted by atomic mass is 16.7. The van der Waals surface area contributed by atoms with E-state index in [1.165, 1.54) is 18.9 Å². The van der Waals surface area contributed by atoms with Gasteiger partial charge in [0.1, 0.15) is 5.60 Å². The van der Waals surface area contributed by atoms with Crippen molar-refractivity contribution < 1.29 is 23.8 Å². The molecule has 4 rings (SSSR count). The van der Waals surface area contributed by atoms with E-state index in [4.69, 9.17) is 14.2 Å². The summed E-state index contributed by atoms with van der Waals surface area (Å²) in [6, 6.07) is 10.0. The maximum Gasteiger partial charge on any atom is 0.409 e. The average Bonchev–Trinajstić information content (AvgIpc) is 3.23. The van der Waals surface area contributed by atoms with Gasteiger partial charge in [0.05, 0.1) is 23.9 Å². The van der Waals surface area contributed by atoms with Gasteiger partial charge in [0.25, 0.3) is 12.2 Å². The van der Waals surface area contributed by atoms with Crippen molar-refractivity contribution in [3.63, 3.8) is 0 Å². The van der Waals surface area contributed by atoms with Crippen LogP contribution in [0, 0.1) is 11.8 Å². The number of hydrogen-bond acceptors (Lipinski definition) is 5. The largest absolute Gasteiger partial charge is 0.461 e. The summed E-state index contributed by atoms with van der Waals surface area (Å²) in [5, 5.41) is 5.40. The van der Waals surface area contributed by atoms with Crippen LogP contribution in [0.3, 0.4) is 0 Å². The second-order valence-electron chi connectivity index (χ2n) is 7.38. The van der Waals surface area contributed by atoms with Gasteiger partial charge < -0.3 is 24.8 Å². The molecule has 0 aromatic heterocycles. The van der Waals surface area contributed by atoms with E-state index < -0.39 is 18.0 Å². The van der Waals surface area contributed by atoms with Gasteiger partial charge in [-0.1, -0.05) is 30.3 Å². The molecule has 7 nitrogen and oxygen atoms in total. The minimum Gasteiger partial charge on any atom is -0.461 e. The first-order chi connectivity index (χ1) is 13.0. The summed E-state index contributed by atoms with van der Waals surface area (Å²) in [7, 11) is 1.50. The zero-order valence-electron chi connectivity index (χ0n) is 15.4. The molecule has 1 saturated carbocycles. The normalized spacial score (nSPS) is 33.0. The molecule has 2 N–H and O–H groups in total. The highest BCUT2D eigenvalue weighted by Gasteiger charge is 2.70. The van der Waals surface area contributed by atoms with Crippen LogP contribution in [0.1, 0.15) is 18.9 Å². The van der Waals surface area contributed by atoms with Crippen molar-refractivity contribution in [1.82, 2.24) is 10.6 Å². The number of benzene rings is 1. The lowest BCUT2D eigenvalue weighted by Gasteiger charge is -2.36. The van der Waals surface area contributed by atoms with Crippen LogP contribution in [-0.4, -0.2) is 43.6 Å². The van der Waals surface area contributed by atoms with Crippen LogP contribution in [0.5, 0.6) is 0 Å². The maximum absolute atomic E-state index is 12.7. The lowest BCUT2D eigenvalue weighted by atomic mass is 9.82. The summed E-state index contributed by atoms with van der Waals surface area (Å²) < 4.78 is 16.8. The van der Waals surface area contributed by atoms with Crippen molar-refractivity contribution >= 4 is 12.0 Å². The molecule has 27 heavy (non-hydrogen) atoms. The Labute approximate surface area is 158 Å². The third kappa shape index (κ3) is 3.27. The molecule has 3 aliphatic rings. The fourth-order valence-corrected chi connectivity index (χ4v) is 4.27. The average molecular weight is 372 g/mol. The second kappa shape index (κ2) is 6.88. The van der Waals surface area contributed by atoms with Crippen LogP contribution in [0.25, 0.3) is 0 Å². The Balaban J connectivity index is 1.42. The van der Waals surface area contributed by atoms with E-state index in [0.717, 1.165) is 12.8 Å². The molecular formula is C20H24N2O5. The fraction of sp³-hybridized carbons (Fsp3) is 0.500. The van der Waals surface area contributed by atoms with E-state index in [0.29, 0.717) is 12.1 Å². The van der Waals surface area contributed by atoms with Crippen molar-refractivity contribution in [2.24, 2.45) is 11.8 Å². The molecule has 0 spiro atoms. The zero-order valence-corrected chi connectivity index (χ0v) is 15.4. The van der Waals surface area contributed by atoms with Crippen molar-refractivity contribution in [2.45, 2.75) is 37.8 Å². The minimum atomic E-state index is -0.756. The maximum atomic E-state index is 12.7. The van der Waals surface area contributed by atoms with Crippen LogP contribution in [-0.2, 0) is 25.4 Å². The molecule has 2 aliphatic heterocycles. The first kappa shape index (κ1) is 17.9. The molecule has 2 fully saturated rings. The van der Waals surface area contributed by atoms with Gasteiger partial charge in [0.15, 0.2) is 0 Å². The number of hydrogen-bond donors (Lipinski definition) is 2. The summed E-state index contributed by atoms with van der Waals surface area (Å²) in [6.07, 6.45) is 1.70. The topological polar surface area (TPSA) is 89.2 Å². The molecule has 1 saturated heterocycles.